The maximum Gasteiger partial charge on any atom is 0.331 e. The van der Waals surface area contributed by atoms with Gasteiger partial charge in [-0.15, -0.1) is 11.8 Å². The molecule has 1 heterocycles. The van der Waals surface area contributed by atoms with Crippen molar-refractivity contribution < 1.29 is 13.9 Å². The summed E-state index contributed by atoms with van der Waals surface area (Å²) < 4.78 is 10.2. The number of hydrogen-bond donors (Lipinski definition) is 0. The monoisotopic (exact) mass is 254 g/mol. The number of rotatable bonds is 5. The fourth-order valence-corrected chi connectivity index (χ4v) is 1.60. The average Bonchev–Trinajstić information content (AvgIpc) is 2.73. The van der Waals surface area contributed by atoms with E-state index >= 15 is 0 Å². The van der Waals surface area contributed by atoms with Crippen LogP contribution in [0.25, 0.3) is 0 Å². The highest BCUT2D eigenvalue weighted by Crippen LogP contribution is 2.15. The van der Waals surface area contributed by atoms with Crippen molar-refractivity contribution in [2.45, 2.75) is 26.5 Å². The Kier molecular flexibility index (Phi) is 5.35. The van der Waals surface area contributed by atoms with E-state index in [0.717, 1.165) is 11.5 Å². The Hall–Kier alpha value is -1.16. The molecule has 0 spiro atoms. The van der Waals surface area contributed by atoms with Gasteiger partial charge in [-0.05, 0) is 23.0 Å². The van der Waals surface area contributed by atoms with Gasteiger partial charge in [0.15, 0.2) is 0 Å². The van der Waals surface area contributed by atoms with Crippen molar-refractivity contribution in [3.05, 3.63) is 35.6 Å². The molecule has 17 heavy (non-hydrogen) atoms. The summed E-state index contributed by atoms with van der Waals surface area (Å²) in [4.78, 5) is 11.3. The van der Waals surface area contributed by atoms with Gasteiger partial charge < -0.3 is 9.15 Å². The quantitative estimate of drug-likeness (QED) is 0.594. The lowest BCUT2D eigenvalue weighted by molar-refractivity contribution is -0.140. The third-order valence-corrected chi connectivity index (χ3v) is 2.53. The summed E-state index contributed by atoms with van der Waals surface area (Å²) in [6.07, 6.45) is 3.08. The molecule has 4 heteroatoms. The number of esters is 1. The Morgan fingerprint density at radius 1 is 1.53 bits per heavy atom. The van der Waals surface area contributed by atoms with E-state index in [0.29, 0.717) is 6.61 Å². The standard InChI is InChI=1S/C13H18O3S/c1-13(2,3)10-16-12(14)6-8-17-9-11-5-4-7-15-11/h4-8H,9-10H2,1-3H3. The number of thioether (sulfide) groups is 1. The lowest BCUT2D eigenvalue weighted by Gasteiger charge is -2.16. The highest BCUT2D eigenvalue weighted by Gasteiger charge is 2.12. The van der Waals surface area contributed by atoms with Crippen molar-refractivity contribution in [2.75, 3.05) is 6.61 Å². The summed E-state index contributed by atoms with van der Waals surface area (Å²) in [7, 11) is 0. The molecule has 0 fully saturated rings. The van der Waals surface area contributed by atoms with Gasteiger partial charge in [0.1, 0.15) is 5.76 Å². The van der Waals surface area contributed by atoms with Crippen molar-refractivity contribution in [1.29, 1.82) is 0 Å². The van der Waals surface area contributed by atoms with Gasteiger partial charge in [0.05, 0.1) is 18.6 Å². The van der Waals surface area contributed by atoms with Crippen molar-refractivity contribution in [3.8, 4) is 0 Å². The Labute approximate surface area is 106 Å². The van der Waals surface area contributed by atoms with Crippen LogP contribution < -0.4 is 0 Å². The fraction of sp³-hybridized carbons (Fsp3) is 0.462. The first-order valence-electron chi connectivity index (χ1n) is 5.45. The Balaban J connectivity index is 2.18. The van der Waals surface area contributed by atoms with E-state index in [1.165, 1.54) is 17.8 Å². The maximum absolute atomic E-state index is 11.3. The summed E-state index contributed by atoms with van der Waals surface area (Å²) in [5.74, 6) is 1.31. The Morgan fingerprint density at radius 2 is 2.29 bits per heavy atom. The molecule has 0 saturated heterocycles. The van der Waals surface area contributed by atoms with Crippen LogP contribution in [0, 0.1) is 5.41 Å². The first kappa shape index (κ1) is 13.9. The van der Waals surface area contributed by atoms with Crippen LogP contribution >= 0.6 is 11.8 Å². The van der Waals surface area contributed by atoms with Crippen LogP contribution in [0.5, 0.6) is 0 Å². The van der Waals surface area contributed by atoms with E-state index in [2.05, 4.69) is 0 Å². The number of carbonyl (C=O) groups excluding carboxylic acids is 1. The molecule has 0 saturated carbocycles. The first-order chi connectivity index (χ1) is 7.97. The second-order valence-electron chi connectivity index (χ2n) is 4.86. The van der Waals surface area contributed by atoms with Crippen molar-refractivity contribution >= 4 is 17.7 Å². The minimum atomic E-state index is -0.299. The number of hydrogen-bond acceptors (Lipinski definition) is 4. The smallest absolute Gasteiger partial charge is 0.331 e. The summed E-state index contributed by atoms with van der Waals surface area (Å²) in [6.45, 7) is 6.50. The minimum Gasteiger partial charge on any atom is -0.468 e. The molecular weight excluding hydrogens is 236 g/mol. The van der Waals surface area contributed by atoms with Gasteiger partial charge in [0, 0.05) is 6.08 Å². The van der Waals surface area contributed by atoms with Crippen molar-refractivity contribution in [2.24, 2.45) is 5.41 Å². The molecule has 3 nitrogen and oxygen atoms in total. The van der Waals surface area contributed by atoms with Gasteiger partial charge in [0.25, 0.3) is 0 Å². The van der Waals surface area contributed by atoms with Gasteiger partial charge in [-0.2, -0.15) is 0 Å². The summed E-state index contributed by atoms with van der Waals surface area (Å²) in [5.41, 5.74) is 0.00477. The zero-order valence-corrected chi connectivity index (χ0v) is 11.3. The maximum atomic E-state index is 11.3. The van der Waals surface area contributed by atoms with Crippen molar-refractivity contribution in [1.82, 2.24) is 0 Å². The van der Waals surface area contributed by atoms with E-state index in [9.17, 15) is 4.79 Å². The van der Waals surface area contributed by atoms with Crippen LogP contribution in [-0.2, 0) is 15.3 Å². The van der Waals surface area contributed by atoms with E-state index < -0.39 is 0 Å². The number of ether oxygens (including phenoxy) is 1. The molecule has 1 aromatic rings. The topological polar surface area (TPSA) is 39.4 Å². The third kappa shape index (κ3) is 6.89. The van der Waals surface area contributed by atoms with Crippen LogP contribution in [0.4, 0.5) is 0 Å². The molecule has 0 aromatic carbocycles. The molecule has 0 unspecified atom stereocenters. The second kappa shape index (κ2) is 6.55. The Bertz CT molecular complexity index is 361. The lowest BCUT2D eigenvalue weighted by Crippen LogP contribution is -2.17. The largest absolute Gasteiger partial charge is 0.468 e. The predicted molar refractivity (Wildman–Crippen MR) is 69.6 cm³/mol. The molecule has 0 atom stereocenters. The molecule has 0 bridgehead atoms. The van der Waals surface area contributed by atoms with Gasteiger partial charge in [-0.3, -0.25) is 0 Å². The molecule has 0 amide bonds. The molecule has 0 N–H and O–H groups in total. The molecule has 0 radical (unpaired) electrons. The van der Waals surface area contributed by atoms with Gasteiger partial charge in [0.2, 0.25) is 0 Å². The molecule has 0 aliphatic rings. The van der Waals surface area contributed by atoms with Crippen LogP contribution in [0.1, 0.15) is 26.5 Å². The van der Waals surface area contributed by atoms with Crippen molar-refractivity contribution in [3.63, 3.8) is 0 Å². The number of furan rings is 1. The minimum absolute atomic E-state index is 0.00477. The third-order valence-electron chi connectivity index (χ3n) is 1.75. The van der Waals surface area contributed by atoms with E-state index in [1.807, 2.05) is 32.9 Å². The molecule has 1 rings (SSSR count). The van der Waals surface area contributed by atoms with Crippen LogP contribution in [0.3, 0.4) is 0 Å². The van der Waals surface area contributed by atoms with Crippen LogP contribution in [0.2, 0.25) is 0 Å². The SMILES string of the molecule is CC(C)(C)COC(=O)C=CSCc1ccco1. The molecule has 0 aliphatic heterocycles. The molecule has 0 aliphatic carbocycles. The van der Waals surface area contributed by atoms with Gasteiger partial charge in [-0.25, -0.2) is 4.79 Å². The summed E-state index contributed by atoms with van der Waals surface area (Å²) in [5, 5.41) is 1.73. The highest BCUT2D eigenvalue weighted by atomic mass is 32.2. The van der Waals surface area contributed by atoms with Crippen LogP contribution in [-0.4, -0.2) is 12.6 Å². The molecular formula is C13H18O3S. The zero-order chi connectivity index (χ0) is 12.7. The molecule has 94 valence electrons. The zero-order valence-electron chi connectivity index (χ0n) is 10.4. The van der Waals surface area contributed by atoms with E-state index in [1.54, 1.807) is 11.7 Å². The summed E-state index contributed by atoms with van der Waals surface area (Å²) >= 11 is 1.50. The first-order valence-corrected chi connectivity index (χ1v) is 6.49. The van der Waals surface area contributed by atoms with Crippen LogP contribution in [0.15, 0.2) is 34.3 Å². The normalized spacial score (nSPS) is 11.9. The predicted octanol–water partition coefficient (Wildman–Crippen LogP) is 3.62. The Morgan fingerprint density at radius 3 is 2.88 bits per heavy atom. The second-order valence-corrected chi connectivity index (χ2v) is 5.76. The van der Waals surface area contributed by atoms with E-state index in [4.69, 9.17) is 9.15 Å². The average molecular weight is 254 g/mol. The molecule has 1 aromatic heterocycles. The summed E-state index contributed by atoms with van der Waals surface area (Å²) in [6, 6.07) is 3.75. The van der Waals surface area contributed by atoms with Gasteiger partial charge in [-0.1, -0.05) is 20.8 Å². The fourth-order valence-electron chi connectivity index (χ4n) is 0.964. The van der Waals surface area contributed by atoms with E-state index in [-0.39, 0.29) is 11.4 Å². The number of carbonyl (C=O) groups is 1. The highest BCUT2D eigenvalue weighted by molar-refractivity contribution is 8.01. The lowest BCUT2D eigenvalue weighted by atomic mass is 9.99. The van der Waals surface area contributed by atoms with Gasteiger partial charge >= 0.3 is 5.97 Å².